The van der Waals surface area contributed by atoms with E-state index in [1.54, 1.807) is 6.07 Å². The quantitative estimate of drug-likeness (QED) is 0.920. The zero-order valence-electron chi connectivity index (χ0n) is 14.1. The average Bonchev–Trinajstić information content (AvgIpc) is 2.64. The third-order valence-corrected chi connectivity index (χ3v) is 5.45. The van der Waals surface area contributed by atoms with E-state index >= 15 is 0 Å². The first kappa shape index (κ1) is 17.4. The maximum Gasteiger partial charge on any atom is 0.239 e. The summed E-state index contributed by atoms with van der Waals surface area (Å²) in [4.78, 5) is 14.5. The summed E-state index contributed by atoms with van der Waals surface area (Å²) in [5.74, 6) is 0.622. The Kier molecular flexibility index (Phi) is 5.85. The van der Waals surface area contributed by atoms with Gasteiger partial charge in [0, 0.05) is 26.3 Å². The lowest BCUT2D eigenvalue weighted by Crippen LogP contribution is -2.51. The molecule has 2 fully saturated rings. The molecule has 0 bridgehead atoms. The van der Waals surface area contributed by atoms with Crippen LogP contribution in [0.2, 0.25) is 0 Å². The summed E-state index contributed by atoms with van der Waals surface area (Å²) in [6.07, 6.45) is 4.33. The number of nitrogens with two attached hydrogens (primary N) is 1. The van der Waals surface area contributed by atoms with Crippen LogP contribution in [0.3, 0.4) is 0 Å². The lowest BCUT2D eigenvalue weighted by Gasteiger charge is -2.36. The van der Waals surface area contributed by atoms with Crippen LogP contribution in [0.4, 0.5) is 4.39 Å². The van der Waals surface area contributed by atoms with E-state index in [9.17, 15) is 9.18 Å². The monoisotopic (exact) mass is 334 g/mol. The minimum Gasteiger partial charge on any atom is -0.381 e. The van der Waals surface area contributed by atoms with E-state index in [0.717, 1.165) is 50.8 Å². The van der Waals surface area contributed by atoms with Gasteiger partial charge in [-0.3, -0.25) is 4.79 Å². The van der Waals surface area contributed by atoms with Gasteiger partial charge in [0.1, 0.15) is 5.82 Å². The molecule has 1 aromatic rings. The molecule has 0 saturated carbocycles. The first-order chi connectivity index (χ1) is 11.6. The molecule has 0 spiro atoms. The van der Waals surface area contributed by atoms with Crippen LogP contribution in [-0.4, -0.2) is 43.2 Å². The molecular weight excluding hydrogens is 307 g/mol. The van der Waals surface area contributed by atoms with Gasteiger partial charge in [0.25, 0.3) is 0 Å². The van der Waals surface area contributed by atoms with Crippen molar-refractivity contribution in [3.8, 4) is 0 Å². The van der Waals surface area contributed by atoms with Crippen LogP contribution < -0.4 is 5.73 Å². The molecule has 0 aliphatic carbocycles. The number of rotatable bonds is 4. The summed E-state index contributed by atoms with van der Waals surface area (Å²) in [6, 6.07) is 6.56. The molecule has 2 N–H and O–H groups in total. The highest BCUT2D eigenvalue weighted by Crippen LogP contribution is 2.25. The minimum absolute atomic E-state index is 0.0752. The highest BCUT2D eigenvalue weighted by Gasteiger charge is 2.32. The topological polar surface area (TPSA) is 55.6 Å². The molecule has 5 heteroatoms. The second-order valence-electron chi connectivity index (χ2n) is 7.04. The summed E-state index contributed by atoms with van der Waals surface area (Å²) in [5, 5.41) is 0. The summed E-state index contributed by atoms with van der Waals surface area (Å²) in [6.45, 7) is 2.87. The Labute approximate surface area is 143 Å². The van der Waals surface area contributed by atoms with Gasteiger partial charge in [-0.15, -0.1) is 0 Å². The molecule has 2 aliphatic rings. The van der Waals surface area contributed by atoms with Crippen LogP contribution >= 0.6 is 0 Å². The predicted molar refractivity (Wildman–Crippen MR) is 90.9 cm³/mol. The fourth-order valence-corrected chi connectivity index (χ4v) is 3.82. The molecule has 2 heterocycles. The smallest absolute Gasteiger partial charge is 0.239 e. The normalized spacial score (nSPS) is 21.7. The Morgan fingerprint density at radius 3 is 2.54 bits per heavy atom. The van der Waals surface area contributed by atoms with Gasteiger partial charge in [0.05, 0.1) is 6.04 Å². The first-order valence-corrected chi connectivity index (χ1v) is 9.00. The number of halogens is 1. The fourth-order valence-electron chi connectivity index (χ4n) is 3.82. The van der Waals surface area contributed by atoms with Gasteiger partial charge in [0.15, 0.2) is 0 Å². The van der Waals surface area contributed by atoms with Gasteiger partial charge < -0.3 is 15.4 Å². The van der Waals surface area contributed by atoms with Crippen molar-refractivity contribution in [3.05, 3.63) is 35.6 Å². The molecule has 1 unspecified atom stereocenters. The lowest BCUT2D eigenvalue weighted by molar-refractivity contribution is -0.136. The number of benzene rings is 1. The number of carbonyl (C=O) groups is 1. The Morgan fingerprint density at radius 1 is 1.21 bits per heavy atom. The van der Waals surface area contributed by atoms with Crippen LogP contribution in [0, 0.1) is 17.7 Å². The number of nitrogens with zero attached hydrogens (tertiary/aromatic N) is 1. The molecule has 1 atom stereocenters. The van der Waals surface area contributed by atoms with E-state index in [2.05, 4.69) is 0 Å². The predicted octanol–water partition coefficient (Wildman–Crippen LogP) is 2.36. The van der Waals surface area contributed by atoms with E-state index in [4.69, 9.17) is 10.5 Å². The zero-order chi connectivity index (χ0) is 16.9. The fraction of sp³-hybridized carbons (Fsp3) is 0.632. The van der Waals surface area contributed by atoms with Crippen molar-refractivity contribution >= 4 is 5.91 Å². The van der Waals surface area contributed by atoms with Crippen molar-refractivity contribution in [3.63, 3.8) is 0 Å². The summed E-state index contributed by atoms with van der Waals surface area (Å²) < 4.78 is 19.1. The third-order valence-electron chi connectivity index (χ3n) is 5.45. The van der Waals surface area contributed by atoms with Gasteiger partial charge in [-0.1, -0.05) is 18.2 Å². The van der Waals surface area contributed by atoms with Crippen molar-refractivity contribution in [2.75, 3.05) is 26.3 Å². The molecule has 2 aliphatic heterocycles. The number of hydrogen-bond donors (Lipinski definition) is 1. The van der Waals surface area contributed by atoms with Gasteiger partial charge in [0.2, 0.25) is 5.91 Å². The summed E-state index contributed by atoms with van der Waals surface area (Å²) >= 11 is 0. The molecule has 3 rings (SSSR count). The standard InChI is InChI=1S/C19H27FN2O2/c20-17-4-2-1-3-16(17)13-14-5-9-22(10-6-14)19(23)18(21)15-7-11-24-12-8-15/h1-4,14-15,18H,5-13,21H2. The number of carbonyl (C=O) groups excluding carboxylic acids is 1. The second kappa shape index (κ2) is 8.08. The summed E-state index contributed by atoms with van der Waals surface area (Å²) in [5.41, 5.74) is 6.98. The van der Waals surface area contributed by atoms with E-state index < -0.39 is 6.04 Å². The molecule has 1 amide bonds. The van der Waals surface area contributed by atoms with Crippen molar-refractivity contribution in [2.24, 2.45) is 17.6 Å². The molecule has 24 heavy (non-hydrogen) atoms. The zero-order valence-corrected chi connectivity index (χ0v) is 14.1. The minimum atomic E-state index is -0.406. The van der Waals surface area contributed by atoms with E-state index in [0.29, 0.717) is 19.1 Å². The molecule has 0 aromatic heterocycles. The van der Waals surface area contributed by atoms with E-state index in [1.165, 1.54) is 6.07 Å². The van der Waals surface area contributed by atoms with Crippen LogP contribution in [0.5, 0.6) is 0 Å². The third kappa shape index (κ3) is 4.14. The Bertz CT molecular complexity index is 552. The van der Waals surface area contributed by atoms with Crippen LogP contribution in [0.15, 0.2) is 24.3 Å². The van der Waals surface area contributed by atoms with Crippen LogP contribution in [0.25, 0.3) is 0 Å². The lowest BCUT2D eigenvalue weighted by atomic mass is 9.88. The molecule has 4 nitrogen and oxygen atoms in total. The van der Waals surface area contributed by atoms with Crippen molar-refractivity contribution in [2.45, 2.75) is 38.1 Å². The first-order valence-electron chi connectivity index (χ1n) is 9.00. The molecule has 2 saturated heterocycles. The Morgan fingerprint density at radius 2 is 1.88 bits per heavy atom. The van der Waals surface area contributed by atoms with Crippen LogP contribution in [-0.2, 0) is 16.0 Å². The maximum atomic E-state index is 13.8. The van der Waals surface area contributed by atoms with Crippen molar-refractivity contribution < 1.29 is 13.9 Å². The van der Waals surface area contributed by atoms with Gasteiger partial charge in [-0.05, 0) is 55.6 Å². The van der Waals surface area contributed by atoms with Gasteiger partial charge in [-0.25, -0.2) is 4.39 Å². The number of likely N-dealkylation sites (tertiary alicyclic amines) is 1. The average molecular weight is 334 g/mol. The molecule has 132 valence electrons. The Hall–Kier alpha value is -1.46. The summed E-state index contributed by atoms with van der Waals surface area (Å²) in [7, 11) is 0. The molecule has 0 radical (unpaired) electrons. The van der Waals surface area contributed by atoms with E-state index in [1.807, 2.05) is 17.0 Å². The SMILES string of the molecule is NC(C(=O)N1CCC(Cc2ccccc2F)CC1)C1CCOCC1. The second-order valence-corrected chi connectivity index (χ2v) is 7.04. The molecule has 1 aromatic carbocycles. The maximum absolute atomic E-state index is 13.8. The van der Waals surface area contributed by atoms with Crippen molar-refractivity contribution in [1.29, 1.82) is 0 Å². The van der Waals surface area contributed by atoms with E-state index in [-0.39, 0.29) is 17.6 Å². The van der Waals surface area contributed by atoms with Crippen molar-refractivity contribution in [1.82, 2.24) is 4.90 Å². The number of ether oxygens (including phenoxy) is 1. The number of hydrogen-bond acceptors (Lipinski definition) is 3. The number of piperidine rings is 1. The van der Waals surface area contributed by atoms with Crippen LogP contribution in [0.1, 0.15) is 31.2 Å². The Balaban J connectivity index is 1.49. The van der Waals surface area contributed by atoms with Gasteiger partial charge in [-0.2, -0.15) is 0 Å². The highest BCUT2D eigenvalue weighted by atomic mass is 19.1. The highest BCUT2D eigenvalue weighted by molar-refractivity contribution is 5.82. The van der Waals surface area contributed by atoms with Gasteiger partial charge >= 0.3 is 0 Å². The number of amides is 1. The largest absolute Gasteiger partial charge is 0.381 e. The molecular formula is C19H27FN2O2.